The smallest absolute Gasteiger partial charge is 0.0109 e. The van der Waals surface area contributed by atoms with Crippen molar-refractivity contribution in [3.8, 4) is 11.8 Å². The average molecular weight is 124 g/mol. The third-order valence-corrected chi connectivity index (χ3v) is 0.979. The van der Waals surface area contributed by atoms with Gasteiger partial charge in [0.25, 0.3) is 0 Å². The van der Waals surface area contributed by atoms with E-state index in [0.29, 0.717) is 6.54 Å². The molecule has 0 rings (SSSR count). The van der Waals surface area contributed by atoms with Gasteiger partial charge in [0.1, 0.15) is 0 Å². The Hall–Kier alpha value is -0.480. The van der Waals surface area contributed by atoms with Crippen LogP contribution in [0.5, 0.6) is 0 Å². The summed E-state index contributed by atoms with van der Waals surface area (Å²) in [6.07, 6.45) is 3.99. The molecule has 1 nitrogen and oxygen atoms in total. The molecule has 51 valence electrons. The first kappa shape index (κ1) is 8.52. The molecule has 0 fully saturated rings. The Morgan fingerprint density at radius 2 is 1.89 bits per heavy atom. The number of rotatable bonds is 3. The number of unbranched alkanes of at least 4 members (excludes halogenated alkanes) is 2. The van der Waals surface area contributed by atoms with Crippen LogP contribution in [0, 0.1) is 11.8 Å². The summed E-state index contributed by atoms with van der Waals surface area (Å²) in [5.41, 5.74) is 6.82. The molecule has 0 aliphatic rings. The van der Waals surface area contributed by atoms with E-state index in [9.17, 15) is 0 Å². The molecule has 0 bridgehead atoms. The molecule has 0 aromatic carbocycles. The third kappa shape index (κ3) is 7.52. The second-order valence-electron chi connectivity index (χ2n) is 1.96. The summed E-state index contributed by atoms with van der Waals surface area (Å²) in [7, 11) is 0. The van der Waals surface area contributed by atoms with Crippen LogP contribution in [0.25, 0.3) is 0 Å². The van der Waals surface area contributed by atoms with E-state index in [1.54, 1.807) is 0 Å². The zero-order valence-corrected chi connectivity index (χ0v) is 6.04. The number of hydrogen-bond donors (Lipinski definition) is 0. The molecule has 0 saturated carbocycles. The number of nitrogens with one attached hydrogen (secondary N) is 1. The fourth-order valence-electron chi connectivity index (χ4n) is 0.479. The highest BCUT2D eigenvalue weighted by atomic mass is 14.5. The van der Waals surface area contributed by atoms with Crippen LogP contribution in [0.3, 0.4) is 0 Å². The monoisotopic (exact) mass is 124 g/mol. The van der Waals surface area contributed by atoms with Crippen LogP contribution in [-0.2, 0) is 0 Å². The van der Waals surface area contributed by atoms with Gasteiger partial charge in [-0.2, -0.15) is 0 Å². The van der Waals surface area contributed by atoms with Crippen LogP contribution in [0.1, 0.15) is 32.6 Å². The van der Waals surface area contributed by atoms with Crippen LogP contribution in [0.15, 0.2) is 0 Å². The molecule has 0 aliphatic carbocycles. The predicted octanol–water partition coefficient (Wildman–Crippen LogP) is 1.85. The number of hydrogen-bond acceptors (Lipinski definition) is 0. The minimum atomic E-state index is 0.515. The molecule has 0 aliphatic heterocycles. The van der Waals surface area contributed by atoms with Gasteiger partial charge in [0.15, 0.2) is 0 Å². The Labute approximate surface area is 57.6 Å². The molecule has 1 radical (unpaired) electrons. The van der Waals surface area contributed by atoms with E-state index in [1.807, 2.05) is 0 Å². The minimum Gasteiger partial charge on any atom is -0.258 e. The van der Waals surface area contributed by atoms with Gasteiger partial charge in [-0.25, -0.2) is 0 Å². The molecule has 0 spiro atoms. The van der Waals surface area contributed by atoms with Gasteiger partial charge >= 0.3 is 0 Å². The molecule has 0 saturated heterocycles. The maximum atomic E-state index is 6.82. The van der Waals surface area contributed by atoms with Gasteiger partial charge in [-0.05, 0) is 12.8 Å². The summed E-state index contributed by atoms with van der Waals surface area (Å²) >= 11 is 0. The first-order chi connectivity index (χ1) is 4.41. The van der Waals surface area contributed by atoms with Crippen LogP contribution < -0.4 is 5.73 Å². The Balaban J connectivity index is 2.96. The molecule has 0 atom stereocenters. The second kappa shape index (κ2) is 7.52. The Morgan fingerprint density at radius 1 is 1.22 bits per heavy atom. The Bertz CT molecular complexity index is 96.9. The molecule has 0 aromatic rings. The highest BCUT2D eigenvalue weighted by Gasteiger charge is 1.75. The van der Waals surface area contributed by atoms with Gasteiger partial charge in [-0.3, -0.25) is 5.73 Å². The van der Waals surface area contributed by atoms with Gasteiger partial charge in [-0.1, -0.05) is 6.92 Å². The van der Waals surface area contributed by atoms with Gasteiger partial charge in [0, 0.05) is 19.4 Å². The molecule has 0 amide bonds. The Kier molecular flexibility index (Phi) is 7.12. The van der Waals surface area contributed by atoms with E-state index in [2.05, 4.69) is 18.8 Å². The van der Waals surface area contributed by atoms with E-state index in [-0.39, 0.29) is 0 Å². The summed E-state index contributed by atoms with van der Waals surface area (Å²) in [4.78, 5) is 0. The van der Waals surface area contributed by atoms with Gasteiger partial charge < -0.3 is 0 Å². The molecular weight excluding hydrogens is 110 g/mol. The molecule has 9 heavy (non-hydrogen) atoms. The minimum absolute atomic E-state index is 0.515. The molecule has 0 heterocycles. The van der Waals surface area contributed by atoms with E-state index in [0.717, 1.165) is 25.7 Å². The molecular formula is C8H14N. The fraction of sp³-hybridized carbons (Fsp3) is 0.750. The normalized spacial score (nSPS) is 8.22. The average Bonchev–Trinajstić information content (AvgIpc) is 1.89. The molecule has 0 unspecified atom stereocenters. The van der Waals surface area contributed by atoms with Gasteiger partial charge in [0.2, 0.25) is 0 Å². The molecule has 1 heteroatoms. The largest absolute Gasteiger partial charge is 0.258 e. The lowest BCUT2D eigenvalue weighted by molar-refractivity contribution is 0.849. The first-order valence-electron chi connectivity index (χ1n) is 3.52. The summed E-state index contributed by atoms with van der Waals surface area (Å²) in [5.74, 6) is 6.05. The molecule has 0 aromatic heterocycles. The fourth-order valence-corrected chi connectivity index (χ4v) is 0.479. The van der Waals surface area contributed by atoms with Crippen molar-refractivity contribution in [3.63, 3.8) is 0 Å². The van der Waals surface area contributed by atoms with Crippen LogP contribution in [-0.4, -0.2) is 6.54 Å². The maximum absolute atomic E-state index is 6.82. The quantitative estimate of drug-likeness (QED) is 0.405. The third-order valence-electron chi connectivity index (χ3n) is 0.979. The lowest BCUT2D eigenvalue weighted by Gasteiger charge is -1.82. The zero-order valence-electron chi connectivity index (χ0n) is 6.04. The van der Waals surface area contributed by atoms with Gasteiger partial charge in [0.05, 0.1) is 0 Å². The van der Waals surface area contributed by atoms with Crippen molar-refractivity contribution in [2.45, 2.75) is 32.6 Å². The van der Waals surface area contributed by atoms with Crippen molar-refractivity contribution in [3.05, 3.63) is 0 Å². The topological polar surface area (TPSA) is 23.8 Å². The van der Waals surface area contributed by atoms with E-state index in [4.69, 9.17) is 5.73 Å². The summed E-state index contributed by atoms with van der Waals surface area (Å²) in [5, 5.41) is 0. The SMILES string of the molecule is CCCC#CCCC[NH]. The van der Waals surface area contributed by atoms with Crippen molar-refractivity contribution in [1.82, 2.24) is 5.73 Å². The lowest BCUT2D eigenvalue weighted by atomic mass is 10.3. The summed E-state index contributed by atoms with van der Waals surface area (Å²) < 4.78 is 0. The standard InChI is InChI=1S/C8H14N/c1-2-3-4-5-6-7-8-9/h9H,2-3,6-8H2,1H3. The van der Waals surface area contributed by atoms with Crippen LogP contribution in [0.4, 0.5) is 0 Å². The highest BCUT2D eigenvalue weighted by molar-refractivity contribution is 4.98. The van der Waals surface area contributed by atoms with Crippen molar-refractivity contribution >= 4 is 0 Å². The maximum Gasteiger partial charge on any atom is 0.0109 e. The Morgan fingerprint density at radius 3 is 2.44 bits per heavy atom. The van der Waals surface area contributed by atoms with Crippen LogP contribution in [0.2, 0.25) is 0 Å². The van der Waals surface area contributed by atoms with E-state index in [1.165, 1.54) is 0 Å². The van der Waals surface area contributed by atoms with Crippen molar-refractivity contribution in [2.24, 2.45) is 0 Å². The summed E-state index contributed by atoms with van der Waals surface area (Å²) in [6.45, 7) is 2.64. The predicted molar refractivity (Wildman–Crippen MR) is 39.9 cm³/mol. The summed E-state index contributed by atoms with van der Waals surface area (Å²) in [6, 6.07) is 0. The highest BCUT2D eigenvalue weighted by Crippen LogP contribution is 1.85. The van der Waals surface area contributed by atoms with Crippen molar-refractivity contribution < 1.29 is 0 Å². The van der Waals surface area contributed by atoms with Crippen molar-refractivity contribution in [1.29, 1.82) is 0 Å². The lowest BCUT2D eigenvalue weighted by Crippen LogP contribution is -1.81. The van der Waals surface area contributed by atoms with Gasteiger partial charge in [-0.15, -0.1) is 11.8 Å². The zero-order chi connectivity index (χ0) is 6.95. The van der Waals surface area contributed by atoms with E-state index < -0.39 is 0 Å². The first-order valence-corrected chi connectivity index (χ1v) is 3.52. The van der Waals surface area contributed by atoms with Crippen LogP contribution >= 0.6 is 0 Å². The second-order valence-corrected chi connectivity index (χ2v) is 1.96. The molecule has 1 N–H and O–H groups in total. The van der Waals surface area contributed by atoms with E-state index >= 15 is 0 Å². The van der Waals surface area contributed by atoms with Crippen molar-refractivity contribution in [2.75, 3.05) is 6.54 Å².